The normalized spacial score (nSPS) is 11.3. The molecular formula is C16H25BrN2O2. The van der Waals surface area contributed by atoms with Gasteiger partial charge < -0.3 is 15.4 Å². The Morgan fingerprint density at radius 1 is 1.43 bits per heavy atom. The second-order valence-electron chi connectivity index (χ2n) is 6.09. The third-order valence-electron chi connectivity index (χ3n) is 3.49. The van der Waals surface area contributed by atoms with Crippen LogP contribution >= 0.6 is 15.9 Å². The fourth-order valence-electron chi connectivity index (χ4n) is 2.10. The number of aryl methyl sites for hydroxylation is 1. The van der Waals surface area contributed by atoms with Crippen molar-refractivity contribution in [2.24, 2.45) is 11.1 Å². The van der Waals surface area contributed by atoms with Gasteiger partial charge in [0.2, 0.25) is 5.91 Å². The molecule has 0 spiro atoms. The third-order valence-corrected chi connectivity index (χ3v) is 4.11. The Morgan fingerprint density at radius 2 is 2.10 bits per heavy atom. The molecule has 118 valence electrons. The standard InChI is InChI=1S/C16H25BrN2O2/c1-16(2,10-18)11-19(3)15(20)8-6-12-5-7-14(21-4)13(17)9-12/h5,7,9H,6,8,10-11,18H2,1-4H3. The fraction of sp³-hybridized carbons (Fsp3) is 0.562. The summed E-state index contributed by atoms with van der Waals surface area (Å²) in [5, 5.41) is 0. The number of nitrogens with two attached hydrogens (primary N) is 1. The molecule has 0 heterocycles. The number of halogens is 1. The van der Waals surface area contributed by atoms with Gasteiger partial charge >= 0.3 is 0 Å². The number of amides is 1. The van der Waals surface area contributed by atoms with Gasteiger partial charge in [-0.05, 0) is 52.0 Å². The molecule has 1 aromatic rings. The second-order valence-corrected chi connectivity index (χ2v) is 6.94. The van der Waals surface area contributed by atoms with E-state index in [0.29, 0.717) is 19.5 Å². The van der Waals surface area contributed by atoms with E-state index in [0.717, 1.165) is 22.2 Å². The number of hydrogen-bond donors (Lipinski definition) is 1. The van der Waals surface area contributed by atoms with E-state index in [-0.39, 0.29) is 11.3 Å². The van der Waals surface area contributed by atoms with E-state index in [1.54, 1.807) is 12.0 Å². The van der Waals surface area contributed by atoms with Gasteiger partial charge in [-0.3, -0.25) is 4.79 Å². The minimum atomic E-state index is -0.0481. The molecule has 1 rings (SSSR count). The van der Waals surface area contributed by atoms with Crippen molar-refractivity contribution in [3.8, 4) is 5.75 Å². The van der Waals surface area contributed by atoms with Crippen LogP contribution in [0.1, 0.15) is 25.8 Å². The molecule has 0 aromatic heterocycles. The van der Waals surface area contributed by atoms with Gasteiger partial charge in [-0.15, -0.1) is 0 Å². The highest BCUT2D eigenvalue weighted by atomic mass is 79.9. The fourth-order valence-corrected chi connectivity index (χ4v) is 2.69. The molecule has 1 aromatic carbocycles. The molecule has 2 N–H and O–H groups in total. The summed E-state index contributed by atoms with van der Waals surface area (Å²) in [7, 11) is 3.47. The summed E-state index contributed by atoms with van der Waals surface area (Å²) in [5.41, 5.74) is 6.77. The minimum absolute atomic E-state index is 0.0481. The number of methoxy groups -OCH3 is 1. The lowest BCUT2D eigenvalue weighted by Gasteiger charge is -2.29. The molecule has 1 amide bonds. The molecule has 0 aliphatic rings. The zero-order valence-electron chi connectivity index (χ0n) is 13.3. The molecule has 0 bridgehead atoms. The first-order valence-electron chi connectivity index (χ1n) is 7.05. The van der Waals surface area contributed by atoms with Gasteiger partial charge in [0.15, 0.2) is 0 Å². The highest BCUT2D eigenvalue weighted by Gasteiger charge is 2.20. The number of carbonyl (C=O) groups is 1. The predicted molar refractivity (Wildman–Crippen MR) is 89.5 cm³/mol. The van der Waals surface area contributed by atoms with Crippen molar-refractivity contribution in [2.45, 2.75) is 26.7 Å². The van der Waals surface area contributed by atoms with E-state index in [1.165, 1.54) is 0 Å². The lowest BCUT2D eigenvalue weighted by molar-refractivity contribution is -0.131. The number of rotatable bonds is 7. The summed E-state index contributed by atoms with van der Waals surface area (Å²) in [6, 6.07) is 5.89. The Bertz CT molecular complexity index is 489. The summed E-state index contributed by atoms with van der Waals surface area (Å²) < 4.78 is 6.11. The topological polar surface area (TPSA) is 55.6 Å². The van der Waals surface area contributed by atoms with Crippen LogP contribution in [-0.4, -0.2) is 38.1 Å². The Balaban J connectivity index is 2.55. The van der Waals surface area contributed by atoms with Crippen LogP contribution in [0.4, 0.5) is 0 Å². The molecule has 0 unspecified atom stereocenters. The average Bonchev–Trinajstić information content (AvgIpc) is 2.44. The second kappa shape index (κ2) is 7.80. The summed E-state index contributed by atoms with van der Waals surface area (Å²) >= 11 is 3.46. The van der Waals surface area contributed by atoms with Gasteiger partial charge in [-0.2, -0.15) is 0 Å². The zero-order valence-corrected chi connectivity index (χ0v) is 14.9. The smallest absolute Gasteiger partial charge is 0.222 e. The molecule has 4 nitrogen and oxygen atoms in total. The van der Waals surface area contributed by atoms with Crippen LogP contribution in [0.2, 0.25) is 0 Å². The van der Waals surface area contributed by atoms with Crippen LogP contribution in [0, 0.1) is 5.41 Å². The van der Waals surface area contributed by atoms with E-state index in [9.17, 15) is 4.79 Å². The first-order valence-corrected chi connectivity index (χ1v) is 7.85. The molecule has 5 heteroatoms. The number of nitrogens with zero attached hydrogens (tertiary/aromatic N) is 1. The van der Waals surface area contributed by atoms with Gasteiger partial charge in [0, 0.05) is 20.0 Å². The zero-order chi connectivity index (χ0) is 16.0. The van der Waals surface area contributed by atoms with Crippen molar-refractivity contribution < 1.29 is 9.53 Å². The number of ether oxygens (including phenoxy) is 1. The van der Waals surface area contributed by atoms with E-state index in [1.807, 2.05) is 25.2 Å². The predicted octanol–water partition coefficient (Wildman–Crippen LogP) is 2.83. The van der Waals surface area contributed by atoms with E-state index >= 15 is 0 Å². The van der Waals surface area contributed by atoms with Crippen molar-refractivity contribution in [1.29, 1.82) is 0 Å². The van der Waals surface area contributed by atoms with Crippen molar-refractivity contribution in [1.82, 2.24) is 4.90 Å². The maximum absolute atomic E-state index is 12.2. The molecule has 0 radical (unpaired) electrons. The summed E-state index contributed by atoms with van der Waals surface area (Å²) in [6.45, 7) is 5.37. The quantitative estimate of drug-likeness (QED) is 0.817. The third kappa shape index (κ3) is 5.67. The highest BCUT2D eigenvalue weighted by molar-refractivity contribution is 9.10. The van der Waals surface area contributed by atoms with Crippen LogP contribution in [-0.2, 0) is 11.2 Å². The van der Waals surface area contributed by atoms with Crippen LogP contribution in [0.3, 0.4) is 0 Å². The molecule has 0 saturated heterocycles. The van der Waals surface area contributed by atoms with Gasteiger partial charge in [0.1, 0.15) is 5.75 Å². The number of benzene rings is 1. The van der Waals surface area contributed by atoms with E-state index in [4.69, 9.17) is 10.5 Å². The Morgan fingerprint density at radius 3 is 2.62 bits per heavy atom. The van der Waals surface area contributed by atoms with Crippen molar-refractivity contribution in [3.63, 3.8) is 0 Å². The Labute approximate surface area is 135 Å². The Hall–Kier alpha value is -1.07. The van der Waals surface area contributed by atoms with Gasteiger partial charge in [0.05, 0.1) is 11.6 Å². The van der Waals surface area contributed by atoms with Crippen molar-refractivity contribution in [3.05, 3.63) is 28.2 Å². The van der Waals surface area contributed by atoms with E-state index in [2.05, 4.69) is 29.8 Å². The lowest BCUT2D eigenvalue weighted by Crippen LogP contribution is -2.39. The number of carbonyl (C=O) groups excluding carboxylic acids is 1. The Kier molecular flexibility index (Phi) is 6.68. The molecule has 0 aliphatic carbocycles. The summed E-state index contributed by atoms with van der Waals surface area (Å²) in [4.78, 5) is 13.9. The van der Waals surface area contributed by atoms with Crippen LogP contribution in [0.15, 0.2) is 22.7 Å². The lowest BCUT2D eigenvalue weighted by atomic mass is 9.93. The maximum atomic E-state index is 12.2. The van der Waals surface area contributed by atoms with Crippen LogP contribution < -0.4 is 10.5 Å². The minimum Gasteiger partial charge on any atom is -0.496 e. The monoisotopic (exact) mass is 356 g/mol. The van der Waals surface area contributed by atoms with Gasteiger partial charge in [0.25, 0.3) is 0 Å². The molecule has 21 heavy (non-hydrogen) atoms. The van der Waals surface area contributed by atoms with Crippen LogP contribution in [0.5, 0.6) is 5.75 Å². The largest absolute Gasteiger partial charge is 0.496 e. The van der Waals surface area contributed by atoms with E-state index < -0.39 is 0 Å². The van der Waals surface area contributed by atoms with Crippen LogP contribution in [0.25, 0.3) is 0 Å². The summed E-state index contributed by atoms with van der Waals surface area (Å²) in [6.07, 6.45) is 1.21. The summed E-state index contributed by atoms with van der Waals surface area (Å²) in [5.74, 6) is 0.940. The molecule has 0 atom stereocenters. The molecular weight excluding hydrogens is 332 g/mol. The molecule has 0 fully saturated rings. The SMILES string of the molecule is COc1ccc(CCC(=O)N(C)CC(C)(C)CN)cc1Br. The first-order chi connectivity index (χ1) is 9.79. The number of hydrogen-bond acceptors (Lipinski definition) is 3. The highest BCUT2D eigenvalue weighted by Crippen LogP contribution is 2.26. The van der Waals surface area contributed by atoms with Gasteiger partial charge in [-0.25, -0.2) is 0 Å². The average molecular weight is 357 g/mol. The molecule has 0 saturated carbocycles. The maximum Gasteiger partial charge on any atom is 0.222 e. The van der Waals surface area contributed by atoms with Crippen molar-refractivity contribution in [2.75, 3.05) is 27.2 Å². The van der Waals surface area contributed by atoms with Gasteiger partial charge in [-0.1, -0.05) is 19.9 Å². The molecule has 0 aliphatic heterocycles. The van der Waals surface area contributed by atoms with Crippen molar-refractivity contribution >= 4 is 21.8 Å². The first kappa shape index (κ1) is 18.0.